The summed E-state index contributed by atoms with van der Waals surface area (Å²) >= 11 is 0. The molecule has 31 heavy (non-hydrogen) atoms. The number of amides is 3. The third-order valence-corrected chi connectivity index (χ3v) is 5.30. The minimum Gasteiger partial charge on any atom is -0.482 e. The number of benzene rings is 1. The molecule has 1 aliphatic carbocycles. The number of nitrogens with zero attached hydrogens (tertiary/aromatic N) is 2. The Morgan fingerprint density at radius 3 is 2.87 bits per heavy atom. The Bertz CT molecular complexity index is 1200. The fraction of sp³-hybridized carbons (Fsp3) is 0.286. The molecule has 0 radical (unpaired) electrons. The van der Waals surface area contributed by atoms with Crippen LogP contribution < -0.4 is 20.7 Å². The SMILES string of the molecule is O=C1COc2ccc(CNC(=O)c3ncnc4c(C(=O)NCC5CC5)c[nH]c34)cc2N1. The molecule has 2 aromatic heterocycles. The maximum absolute atomic E-state index is 12.8. The molecule has 5 rings (SSSR count). The Morgan fingerprint density at radius 2 is 2.03 bits per heavy atom. The number of carbonyl (C=O) groups is 3. The van der Waals surface area contributed by atoms with Crippen molar-refractivity contribution in [2.24, 2.45) is 5.92 Å². The lowest BCUT2D eigenvalue weighted by molar-refractivity contribution is -0.118. The molecular formula is C21H20N6O4. The van der Waals surface area contributed by atoms with Crippen molar-refractivity contribution in [3.63, 3.8) is 0 Å². The van der Waals surface area contributed by atoms with Crippen LogP contribution in [0.2, 0.25) is 0 Å². The summed E-state index contributed by atoms with van der Waals surface area (Å²) in [7, 11) is 0. The van der Waals surface area contributed by atoms with E-state index in [1.54, 1.807) is 18.3 Å². The van der Waals surface area contributed by atoms with Gasteiger partial charge in [-0.05, 0) is 36.5 Å². The van der Waals surface area contributed by atoms with Gasteiger partial charge in [0.05, 0.1) is 16.8 Å². The van der Waals surface area contributed by atoms with Crippen LogP contribution in [0.5, 0.6) is 5.75 Å². The molecule has 0 unspecified atom stereocenters. The Balaban J connectivity index is 1.30. The molecule has 0 bridgehead atoms. The van der Waals surface area contributed by atoms with Crippen molar-refractivity contribution in [1.82, 2.24) is 25.6 Å². The number of aromatic nitrogens is 3. The van der Waals surface area contributed by atoms with Crippen molar-refractivity contribution in [2.75, 3.05) is 18.5 Å². The monoisotopic (exact) mass is 420 g/mol. The zero-order chi connectivity index (χ0) is 21.4. The quantitative estimate of drug-likeness (QED) is 0.475. The van der Waals surface area contributed by atoms with Crippen LogP contribution in [0.1, 0.15) is 39.3 Å². The lowest BCUT2D eigenvalue weighted by Gasteiger charge is -2.18. The Labute approximate surface area is 176 Å². The van der Waals surface area contributed by atoms with Gasteiger partial charge in [-0.3, -0.25) is 14.4 Å². The van der Waals surface area contributed by atoms with E-state index in [9.17, 15) is 14.4 Å². The second-order valence-electron chi connectivity index (χ2n) is 7.65. The van der Waals surface area contributed by atoms with Crippen LogP contribution in [0, 0.1) is 5.92 Å². The lowest BCUT2D eigenvalue weighted by atomic mass is 10.1. The molecule has 4 N–H and O–H groups in total. The molecule has 10 nitrogen and oxygen atoms in total. The molecule has 3 amide bonds. The number of hydrogen-bond donors (Lipinski definition) is 4. The normalized spacial score (nSPS) is 15.0. The Kier molecular flexibility index (Phi) is 4.73. The molecule has 3 heterocycles. The Hall–Kier alpha value is -3.95. The van der Waals surface area contributed by atoms with Crippen LogP contribution in [0.15, 0.2) is 30.7 Å². The van der Waals surface area contributed by atoms with E-state index in [2.05, 4.69) is 30.9 Å². The first kappa shape index (κ1) is 19.0. The first-order valence-electron chi connectivity index (χ1n) is 10.0. The van der Waals surface area contributed by atoms with E-state index in [0.717, 1.165) is 18.4 Å². The van der Waals surface area contributed by atoms with Gasteiger partial charge in [0.2, 0.25) is 0 Å². The number of anilines is 1. The highest BCUT2D eigenvalue weighted by Crippen LogP contribution is 2.29. The predicted molar refractivity (Wildman–Crippen MR) is 111 cm³/mol. The predicted octanol–water partition coefficient (Wildman–Crippen LogP) is 1.36. The average molecular weight is 420 g/mol. The van der Waals surface area contributed by atoms with Crippen molar-refractivity contribution in [3.05, 3.63) is 47.5 Å². The van der Waals surface area contributed by atoms with E-state index >= 15 is 0 Å². The van der Waals surface area contributed by atoms with E-state index in [-0.39, 0.29) is 30.7 Å². The number of H-pyrrole nitrogens is 1. The summed E-state index contributed by atoms with van der Waals surface area (Å²) in [6.45, 7) is 0.864. The average Bonchev–Trinajstić information content (AvgIpc) is 3.51. The molecule has 10 heteroatoms. The van der Waals surface area contributed by atoms with E-state index in [1.165, 1.54) is 6.33 Å². The van der Waals surface area contributed by atoms with Gasteiger partial charge in [0, 0.05) is 19.3 Å². The zero-order valence-corrected chi connectivity index (χ0v) is 16.5. The van der Waals surface area contributed by atoms with Gasteiger partial charge in [-0.25, -0.2) is 9.97 Å². The van der Waals surface area contributed by atoms with Gasteiger partial charge in [0.1, 0.15) is 17.6 Å². The van der Waals surface area contributed by atoms with Gasteiger partial charge in [0.15, 0.2) is 12.3 Å². The third-order valence-electron chi connectivity index (χ3n) is 5.30. The third kappa shape index (κ3) is 3.91. The highest BCUT2D eigenvalue weighted by molar-refractivity contribution is 6.10. The van der Waals surface area contributed by atoms with Crippen LogP contribution in [-0.4, -0.2) is 45.8 Å². The van der Waals surface area contributed by atoms with Gasteiger partial charge in [-0.1, -0.05) is 6.07 Å². The number of ether oxygens (including phenoxy) is 1. The number of aromatic amines is 1. The van der Waals surface area contributed by atoms with Crippen LogP contribution >= 0.6 is 0 Å². The van der Waals surface area contributed by atoms with E-state index in [0.29, 0.717) is 40.5 Å². The van der Waals surface area contributed by atoms with Crippen LogP contribution in [0.25, 0.3) is 11.0 Å². The topological polar surface area (TPSA) is 138 Å². The van der Waals surface area contributed by atoms with Gasteiger partial charge >= 0.3 is 0 Å². The molecule has 1 aliphatic heterocycles. The largest absolute Gasteiger partial charge is 0.482 e. The molecule has 0 atom stereocenters. The summed E-state index contributed by atoms with van der Waals surface area (Å²) in [5, 5.41) is 8.45. The second-order valence-corrected chi connectivity index (χ2v) is 7.65. The van der Waals surface area contributed by atoms with Gasteiger partial charge in [-0.15, -0.1) is 0 Å². The first-order valence-corrected chi connectivity index (χ1v) is 10.0. The van der Waals surface area contributed by atoms with Crippen molar-refractivity contribution in [3.8, 4) is 5.75 Å². The molecule has 2 aliphatic rings. The highest BCUT2D eigenvalue weighted by atomic mass is 16.5. The highest BCUT2D eigenvalue weighted by Gasteiger charge is 2.24. The fourth-order valence-corrected chi connectivity index (χ4v) is 3.44. The van der Waals surface area contributed by atoms with Crippen molar-refractivity contribution < 1.29 is 19.1 Å². The molecule has 1 fully saturated rings. The molecule has 3 aromatic rings. The standard InChI is InChI=1S/C21H20N6O4/c28-16-9-31-15-4-3-12(5-14(15)27-16)7-24-21(30)19-18-17(25-10-26-19)13(8-22-18)20(29)23-6-11-1-2-11/h3-5,8,10-11,22H,1-2,6-7,9H2,(H,23,29)(H,24,30)(H,27,28). The van der Waals surface area contributed by atoms with Gasteiger partial charge in [0.25, 0.3) is 17.7 Å². The van der Waals surface area contributed by atoms with E-state index in [4.69, 9.17) is 4.74 Å². The number of fused-ring (bicyclic) bond motifs is 2. The van der Waals surface area contributed by atoms with Crippen LogP contribution in [-0.2, 0) is 11.3 Å². The van der Waals surface area contributed by atoms with E-state index in [1.807, 2.05) is 6.07 Å². The summed E-state index contributed by atoms with van der Waals surface area (Å²) < 4.78 is 5.34. The summed E-state index contributed by atoms with van der Waals surface area (Å²) in [5.74, 6) is 0.305. The Morgan fingerprint density at radius 1 is 1.16 bits per heavy atom. The second kappa shape index (κ2) is 7.71. The maximum Gasteiger partial charge on any atom is 0.272 e. The molecule has 1 aromatic carbocycles. The zero-order valence-electron chi connectivity index (χ0n) is 16.5. The van der Waals surface area contributed by atoms with E-state index < -0.39 is 5.91 Å². The van der Waals surface area contributed by atoms with Crippen molar-refractivity contribution >= 4 is 34.4 Å². The summed E-state index contributed by atoms with van der Waals surface area (Å²) in [6, 6.07) is 5.30. The summed E-state index contributed by atoms with van der Waals surface area (Å²) in [5.41, 5.74) is 2.71. The molecule has 158 valence electrons. The smallest absolute Gasteiger partial charge is 0.272 e. The summed E-state index contributed by atoms with van der Waals surface area (Å²) in [4.78, 5) is 47.9. The maximum atomic E-state index is 12.8. The first-order chi connectivity index (χ1) is 15.1. The van der Waals surface area contributed by atoms with Gasteiger partial charge < -0.3 is 25.7 Å². The van der Waals surface area contributed by atoms with Crippen molar-refractivity contribution in [1.29, 1.82) is 0 Å². The van der Waals surface area contributed by atoms with Crippen LogP contribution in [0.4, 0.5) is 5.69 Å². The van der Waals surface area contributed by atoms with Crippen LogP contribution in [0.3, 0.4) is 0 Å². The number of rotatable bonds is 6. The lowest BCUT2D eigenvalue weighted by Crippen LogP contribution is -2.27. The molecule has 0 saturated heterocycles. The minimum absolute atomic E-state index is 0.0104. The minimum atomic E-state index is -0.405. The molecule has 0 spiro atoms. The summed E-state index contributed by atoms with van der Waals surface area (Å²) in [6.07, 6.45) is 5.10. The van der Waals surface area contributed by atoms with Crippen molar-refractivity contribution in [2.45, 2.75) is 19.4 Å². The molecular weight excluding hydrogens is 400 g/mol. The number of hydrogen-bond acceptors (Lipinski definition) is 6. The fourth-order valence-electron chi connectivity index (χ4n) is 3.44. The molecule has 1 saturated carbocycles. The number of carbonyl (C=O) groups excluding carboxylic acids is 3. The number of nitrogens with one attached hydrogen (secondary N) is 4. The van der Waals surface area contributed by atoms with Gasteiger partial charge in [-0.2, -0.15) is 0 Å².